The van der Waals surface area contributed by atoms with Crippen LogP contribution in [0.1, 0.15) is 17.6 Å². The van der Waals surface area contributed by atoms with Gasteiger partial charge >= 0.3 is 0 Å². The number of aromatic nitrogens is 2. The van der Waals surface area contributed by atoms with Crippen LogP contribution in [-0.4, -0.2) is 9.66 Å². The van der Waals surface area contributed by atoms with E-state index in [0.717, 1.165) is 20.8 Å². The van der Waals surface area contributed by atoms with Crippen LogP contribution in [0.4, 0.5) is 0 Å². The molecule has 0 aliphatic rings. The van der Waals surface area contributed by atoms with Gasteiger partial charge in [-0.15, -0.1) is 11.3 Å². The predicted octanol–water partition coefficient (Wildman–Crippen LogP) is 1.04. The van der Waals surface area contributed by atoms with E-state index in [1.807, 2.05) is 6.07 Å². The van der Waals surface area contributed by atoms with E-state index in [4.69, 9.17) is 5.84 Å². The van der Waals surface area contributed by atoms with Gasteiger partial charge in [0.2, 0.25) is 0 Å². The SMILES string of the molecule is CCc1cc2c(=O)n(N)c(C)nc2s1. The molecule has 74 valence electrons. The average Bonchev–Trinajstić information content (AvgIpc) is 2.57. The Morgan fingerprint density at radius 3 is 3.00 bits per heavy atom. The van der Waals surface area contributed by atoms with Crippen LogP contribution in [0.25, 0.3) is 10.2 Å². The van der Waals surface area contributed by atoms with Crippen molar-refractivity contribution < 1.29 is 0 Å². The molecule has 0 amide bonds. The lowest BCUT2D eigenvalue weighted by Gasteiger charge is -2.00. The molecule has 2 aromatic rings. The maximum absolute atomic E-state index is 11.7. The van der Waals surface area contributed by atoms with E-state index in [2.05, 4.69) is 11.9 Å². The predicted molar refractivity (Wildman–Crippen MR) is 58.1 cm³/mol. The first kappa shape index (κ1) is 9.21. The highest BCUT2D eigenvalue weighted by atomic mass is 32.1. The largest absolute Gasteiger partial charge is 0.335 e. The smallest absolute Gasteiger partial charge is 0.280 e. The molecule has 14 heavy (non-hydrogen) atoms. The molecular formula is C9H11N3OS. The molecule has 0 fully saturated rings. The Hall–Kier alpha value is -1.36. The van der Waals surface area contributed by atoms with Crippen molar-refractivity contribution in [3.63, 3.8) is 0 Å². The quantitative estimate of drug-likeness (QED) is 0.714. The fourth-order valence-corrected chi connectivity index (χ4v) is 2.32. The van der Waals surface area contributed by atoms with Crippen molar-refractivity contribution in [2.24, 2.45) is 0 Å². The van der Waals surface area contributed by atoms with Crippen molar-refractivity contribution in [3.05, 3.63) is 27.1 Å². The number of hydrogen-bond acceptors (Lipinski definition) is 4. The van der Waals surface area contributed by atoms with Gasteiger partial charge in [0.05, 0.1) is 5.39 Å². The second-order valence-corrected chi connectivity index (χ2v) is 4.23. The third kappa shape index (κ3) is 1.21. The van der Waals surface area contributed by atoms with Gasteiger partial charge in [-0.2, -0.15) is 0 Å². The van der Waals surface area contributed by atoms with Gasteiger partial charge in [0.1, 0.15) is 10.7 Å². The lowest BCUT2D eigenvalue weighted by Crippen LogP contribution is -2.29. The summed E-state index contributed by atoms with van der Waals surface area (Å²) >= 11 is 1.55. The summed E-state index contributed by atoms with van der Waals surface area (Å²) in [5.74, 6) is 6.09. The Labute approximate surface area is 85.0 Å². The minimum atomic E-state index is -0.163. The number of fused-ring (bicyclic) bond motifs is 1. The van der Waals surface area contributed by atoms with Gasteiger partial charge < -0.3 is 5.84 Å². The van der Waals surface area contributed by atoms with Gasteiger partial charge in [0.25, 0.3) is 5.56 Å². The molecule has 0 atom stereocenters. The summed E-state index contributed by atoms with van der Waals surface area (Å²) in [6.07, 6.45) is 0.921. The number of thiophene rings is 1. The summed E-state index contributed by atoms with van der Waals surface area (Å²) in [5, 5.41) is 0.625. The van der Waals surface area contributed by atoms with Crippen molar-refractivity contribution in [2.45, 2.75) is 20.3 Å². The van der Waals surface area contributed by atoms with Crippen molar-refractivity contribution in [1.29, 1.82) is 0 Å². The molecule has 0 aromatic carbocycles. The molecule has 0 radical (unpaired) electrons. The van der Waals surface area contributed by atoms with Crippen LogP contribution in [0.5, 0.6) is 0 Å². The molecule has 0 bridgehead atoms. The van der Waals surface area contributed by atoms with Gasteiger partial charge in [0.15, 0.2) is 0 Å². The van der Waals surface area contributed by atoms with Gasteiger partial charge in [0, 0.05) is 4.88 Å². The Balaban J connectivity index is 2.88. The molecule has 0 aliphatic carbocycles. The van der Waals surface area contributed by atoms with Crippen LogP contribution < -0.4 is 11.4 Å². The molecular weight excluding hydrogens is 198 g/mol. The number of nitrogens with two attached hydrogens (primary N) is 1. The van der Waals surface area contributed by atoms with E-state index in [-0.39, 0.29) is 5.56 Å². The highest BCUT2D eigenvalue weighted by Gasteiger charge is 2.08. The minimum absolute atomic E-state index is 0.163. The number of rotatable bonds is 1. The molecule has 0 spiro atoms. The molecule has 4 nitrogen and oxygen atoms in total. The zero-order valence-corrected chi connectivity index (χ0v) is 8.89. The van der Waals surface area contributed by atoms with E-state index in [1.54, 1.807) is 18.3 Å². The topological polar surface area (TPSA) is 60.9 Å². The molecule has 2 heterocycles. The first-order chi connectivity index (χ1) is 6.63. The van der Waals surface area contributed by atoms with Crippen LogP contribution in [0.15, 0.2) is 10.9 Å². The number of nitrogens with zero attached hydrogens (tertiary/aromatic N) is 2. The van der Waals surface area contributed by atoms with Crippen molar-refractivity contribution >= 4 is 21.6 Å². The second kappa shape index (κ2) is 3.09. The fourth-order valence-electron chi connectivity index (χ4n) is 1.32. The van der Waals surface area contributed by atoms with Gasteiger partial charge in [-0.1, -0.05) is 6.92 Å². The minimum Gasteiger partial charge on any atom is -0.335 e. The molecule has 0 saturated heterocycles. The Kier molecular flexibility index (Phi) is 2.03. The van der Waals surface area contributed by atoms with Gasteiger partial charge in [-0.3, -0.25) is 4.79 Å². The standard InChI is InChI=1S/C9H11N3OS/c1-3-6-4-7-8(14-6)11-5(2)12(10)9(7)13/h4H,3,10H2,1-2H3. The van der Waals surface area contributed by atoms with E-state index < -0.39 is 0 Å². The van der Waals surface area contributed by atoms with Crippen molar-refractivity contribution in [1.82, 2.24) is 9.66 Å². The van der Waals surface area contributed by atoms with E-state index in [0.29, 0.717) is 11.2 Å². The van der Waals surface area contributed by atoms with Gasteiger partial charge in [-0.25, -0.2) is 9.66 Å². The third-order valence-corrected chi connectivity index (χ3v) is 3.35. The molecule has 2 N–H and O–H groups in total. The maximum Gasteiger partial charge on any atom is 0.280 e. The molecule has 0 aliphatic heterocycles. The highest BCUT2D eigenvalue weighted by Crippen LogP contribution is 2.21. The summed E-state index contributed by atoms with van der Waals surface area (Å²) in [6.45, 7) is 3.78. The van der Waals surface area contributed by atoms with Crippen molar-refractivity contribution in [3.8, 4) is 0 Å². The highest BCUT2D eigenvalue weighted by molar-refractivity contribution is 7.18. The van der Waals surface area contributed by atoms with Crippen LogP contribution in [0.3, 0.4) is 0 Å². The summed E-state index contributed by atoms with van der Waals surface area (Å²) in [4.78, 5) is 17.9. The number of aryl methyl sites for hydroxylation is 2. The molecule has 2 rings (SSSR count). The summed E-state index contributed by atoms with van der Waals surface area (Å²) in [6, 6.07) is 1.87. The van der Waals surface area contributed by atoms with Crippen LogP contribution >= 0.6 is 11.3 Å². The Morgan fingerprint density at radius 2 is 2.36 bits per heavy atom. The maximum atomic E-state index is 11.7. The zero-order chi connectivity index (χ0) is 10.3. The van der Waals surface area contributed by atoms with E-state index in [1.165, 1.54) is 0 Å². The molecule has 0 saturated carbocycles. The third-order valence-electron chi connectivity index (χ3n) is 2.17. The first-order valence-corrected chi connectivity index (χ1v) is 5.22. The van der Waals surface area contributed by atoms with Crippen LogP contribution in [0.2, 0.25) is 0 Å². The molecule has 0 unspecified atom stereocenters. The van der Waals surface area contributed by atoms with Crippen molar-refractivity contribution in [2.75, 3.05) is 5.84 Å². The second-order valence-electron chi connectivity index (χ2n) is 3.12. The molecule has 2 aromatic heterocycles. The average molecular weight is 209 g/mol. The van der Waals surface area contributed by atoms with Crippen LogP contribution in [0, 0.1) is 6.92 Å². The van der Waals surface area contributed by atoms with Gasteiger partial charge in [-0.05, 0) is 19.4 Å². The molecule has 5 heteroatoms. The van der Waals surface area contributed by atoms with Crippen LogP contribution in [-0.2, 0) is 6.42 Å². The lowest BCUT2D eigenvalue weighted by atomic mass is 10.3. The summed E-state index contributed by atoms with van der Waals surface area (Å²) < 4.78 is 1.09. The zero-order valence-electron chi connectivity index (χ0n) is 8.07. The first-order valence-electron chi connectivity index (χ1n) is 4.40. The summed E-state index contributed by atoms with van der Waals surface area (Å²) in [5.41, 5.74) is -0.163. The van der Waals surface area contributed by atoms with E-state index >= 15 is 0 Å². The van der Waals surface area contributed by atoms with E-state index in [9.17, 15) is 4.79 Å². The Morgan fingerprint density at radius 1 is 1.64 bits per heavy atom. The Bertz CT molecular complexity index is 541. The lowest BCUT2D eigenvalue weighted by molar-refractivity contribution is 0.854. The summed E-state index contributed by atoms with van der Waals surface area (Å²) in [7, 11) is 0. The number of nitrogen functional groups attached to an aromatic ring is 1. The fraction of sp³-hybridized carbons (Fsp3) is 0.333. The number of hydrogen-bond donors (Lipinski definition) is 1. The monoisotopic (exact) mass is 209 g/mol. The normalized spacial score (nSPS) is 11.0.